The van der Waals surface area contributed by atoms with Crippen molar-refractivity contribution < 1.29 is 9.53 Å². The van der Waals surface area contributed by atoms with Crippen molar-refractivity contribution in [3.8, 4) is 0 Å². The van der Waals surface area contributed by atoms with Crippen LogP contribution in [0.4, 0.5) is 0 Å². The van der Waals surface area contributed by atoms with Crippen LogP contribution in [0.1, 0.15) is 25.0 Å². The number of nitrogens with two attached hydrogens (primary N) is 1. The smallest absolute Gasteiger partial charge is 0.227 e. The Kier molecular flexibility index (Phi) is 4.78. The van der Waals surface area contributed by atoms with Gasteiger partial charge >= 0.3 is 0 Å². The highest BCUT2D eigenvalue weighted by Gasteiger charge is 2.17. The molecule has 4 nitrogen and oxygen atoms in total. The minimum Gasteiger partial charge on any atom is -0.378 e. The number of hydrogen-bond acceptors (Lipinski definition) is 3. The number of rotatable bonds is 4. The topological polar surface area (TPSA) is 55.6 Å². The van der Waals surface area contributed by atoms with Crippen LogP contribution in [0.25, 0.3) is 0 Å². The molecule has 110 valence electrons. The summed E-state index contributed by atoms with van der Waals surface area (Å²) in [5.74, 6) is 0.178. The second-order valence-corrected chi connectivity index (χ2v) is 6.16. The largest absolute Gasteiger partial charge is 0.378 e. The summed E-state index contributed by atoms with van der Waals surface area (Å²) < 4.78 is 5.27. The lowest BCUT2D eigenvalue weighted by atomic mass is 9.94. The fourth-order valence-corrected chi connectivity index (χ4v) is 2.47. The number of nitrogens with zero attached hydrogens (tertiary/aromatic N) is 1. The second kappa shape index (κ2) is 6.37. The molecule has 4 heteroatoms. The molecular formula is C16H24N2O2. The lowest BCUT2D eigenvalue weighted by Crippen LogP contribution is -2.41. The van der Waals surface area contributed by atoms with E-state index in [2.05, 4.69) is 12.1 Å². The van der Waals surface area contributed by atoms with E-state index in [0.29, 0.717) is 32.7 Å². The first kappa shape index (κ1) is 15.0. The molecule has 1 aromatic rings. The van der Waals surface area contributed by atoms with Gasteiger partial charge in [-0.05, 0) is 31.4 Å². The summed E-state index contributed by atoms with van der Waals surface area (Å²) in [6.07, 6.45) is 1.27. The van der Waals surface area contributed by atoms with Gasteiger partial charge in [-0.3, -0.25) is 4.79 Å². The van der Waals surface area contributed by atoms with Crippen LogP contribution in [-0.4, -0.2) is 42.6 Å². The minimum absolute atomic E-state index is 0.178. The number of carbonyl (C=O) groups excluding carboxylic acids is 1. The molecule has 0 radical (unpaired) electrons. The van der Waals surface area contributed by atoms with Crippen molar-refractivity contribution in [2.24, 2.45) is 5.73 Å². The third-order valence-electron chi connectivity index (χ3n) is 3.37. The predicted molar refractivity (Wildman–Crippen MR) is 79.5 cm³/mol. The van der Waals surface area contributed by atoms with E-state index in [1.54, 1.807) is 0 Å². The molecule has 0 atom stereocenters. The maximum atomic E-state index is 12.2. The maximum absolute atomic E-state index is 12.2. The molecule has 2 rings (SSSR count). The van der Waals surface area contributed by atoms with Crippen LogP contribution in [0.2, 0.25) is 0 Å². The number of ether oxygens (including phenoxy) is 1. The van der Waals surface area contributed by atoms with Crippen LogP contribution in [0, 0.1) is 0 Å². The molecular weight excluding hydrogens is 252 g/mol. The normalized spacial score (nSPS) is 16.2. The van der Waals surface area contributed by atoms with E-state index in [1.165, 1.54) is 5.56 Å². The van der Waals surface area contributed by atoms with Crippen molar-refractivity contribution in [3.05, 3.63) is 35.4 Å². The van der Waals surface area contributed by atoms with Gasteiger partial charge in [0.25, 0.3) is 0 Å². The van der Waals surface area contributed by atoms with Crippen molar-refractivity contribution in [1.29, 1.82) is 0 Å². The molecule has 0 aromatic heterocycles. The Morgan fingerprint density at radius 1 is 1.30 bits per heavy atom. The van der Waals surface area contributed by atoms with Crippen LogP contribution in [0.15, 0.2) is 24.3 Å². The molecule has 2 N–H and O–H groups in total. The summed E-state index contributed by atoms with van der Waals surface area (Å²) in [7, 11) is 0. The molecule has 0 aliphatic carbocycles. The van der Waals surface area contributed by atoms with E-state index in [-0.39, 0.29) is 11.4 Å². The van der Waals surface area contributed by atoms with E-state index in [9.17, 15) is 4.79 Å². The number of morpholine rings is 1. The molecule has 0 unspecified atom stereocenters. The van der Waals surface area contributed by atoms with Gasteiger partial charge < -0.3 is 15.4 Å². The van der Waals surface area contributed by atoms with Crippen LogP contribution in [0.3, 0.4) is 0 Å². The molecule has 1 aromatic carbocycles. The summed E-state index contributed by atoms with van der Waals surface area (Å²) in [6.45, 7) is 6.72. The third-order valence-corrected chi connectivity index (χ3v) is 3.37. The first-order chi connectivity index (χ1) is 9.44. The van der Waals surface area contributed by atoms with Crippen molar-refractivity contribution in [2.45, 2.75) is 32.2 Å². The zero-order chi connectivity index (χ0) is 14.6. The van der Waals surface area contributed by atoms with Crippen LogP contribution in [-0.2, 0) is 22.4 Å². The standard InChI is InChI=1S/C16H24N2O2/c1-16(2,17)12-14-5-3-4-13(10-14)11-15(19)18-6-8-20-9-7-18/h3-5,10H,6-9,11-12,17H2,1-2H3. The average Bonchev–Trinajstić information content (AvgIpc) is 2.38. The molecule has 1 amide bonds. The molecule has 1 aliphatic heterocycles. The molecule has 1 heterocycles. The fraction of sp³-hybridized carbons (Fsp3) is 0.562. The molecule has 1 aliphatic rings. The fourth-order valence-electron chi connectivity index (χ4n) is 2.47. The van der Waals surface area contributed by atoms with E-state index in [0.717, 1.165) is 12.0 Å². The van der Waals surface area contributed by atoms with Gasteiger partial charge in [-0.15, -0.1) is 0 Å². The molecule has 20 heavy (non-hydrogen) atoms. The SMILES string of the molecule is CC(C)(N)Cc1cccc(CC(=O)N2CCOCC2)c1. The highest BCUT2D eigenvalue weighted by molar-refractivity contribution is 5.78. The summed E-state index contributed by atoms with van der Waals surface area (Å²) in [5, 5.41) is 0. The second-order valence-electron chi connectivity index (χ2n) is 6.16. The van der Waals surface area contributed by atoms with Crippen LogP contribution >= 0.6 is 0 Å². The Bertz CT molecular complexity index is 460. The Morgan fingerprint density at radius 2 is 1.95 bits per heavy atom. The van der Waals surface area contributed by atoms with E-state index in [4.69, 9.17) is 10.5 Å². The summed E-state index contributed by atoms with van der Waals surface area (Å²) >= 11 is 0. The van der Waals surface area contributed by atoms with Gasteiger partial charge in [0.1, 0.15) is 0 Å². The highest BCUT2D eigenvalue weighted by Crippen LogP contribution is 2.13. The molecule has 1 saturated heterocycles. The lowest BCUT2D eigenvalue weighted by molar-refractivity contribution is -0.134. The Balaban J connectivity index is 1.98. The first-order valence-corrected chi connectivity index (χ1v) is 7.16. The summed E-state index contributed by atoms with van der Waals surface area (Å²) in [5.41, 5.74) is 8.06. The minimum atomic E-state index is -0.229. The van der Waals surface area contributed by atoms with Gasteiger partial charge in [-0.2, -0.15) is 0 Å². The van der Waals surface area contributed by atoms with Crippen molar-refractivity contribution in [3.63, 3.8) is 0 Å². The first-order valence-electron chi connectivity index (χ1n) is 7.16. The number of carbonyl (C=O) groups is 1. The summed E-state index contributed by atoms with van der Waals surface area (Å²) in [6, 6.07) is 8.17. The van der Waals surface area contributed by atoms with Gasteiger partial charge in [0.2, 0.25) is 5.91 Å². The maximum Gasteiger partial charge on any atom is 0.227 e. The van der Waals surface area contributed by atoms with Gasteiger partial charge in [0.05, 0.1) is 19.6 Å². The Hall–Kier alpha value is -1.39. The molecule has 0 spiro atoms. The van der Waals surface area contributed by atoms with Crippen LogP contribution < -0.4 is 5.73 Å². The third kappa shape index (κ3) is 4.62. The quantitative estimate of drug-likeness (QED) is 0.903. The van der Waals surface area contributed by atoms with E-state index < -0.39 is 0 Å². The van der Waals surface area contributed by atoms with E-state index in [1.807, 2.05) is 30.9 Å². The average molecular weight is 276 g/mol. The monoisotopic (exact) mass is 276 g/mol. The number of hydrogen-bond donors (Lipinski definition) is 1. The van der Waals surface area contributed by atoms with Gasteiger partial charge in [-0.25, -0.2) is 0 Å². The molecule has 0 saturated carbocycles. The Labute approximate surface area is 120 Å². The zero-order valence-electron chi connectivity index (χ0n) is 12.4. The summed E-state index contributed by atoms with van der Waals surface area (Å²) in [4.78, 5) is 14.1. The zero-order valence-corrected chi connectivity index (χ0v) is 12.4. The van der Waals surface area contributed by atoms with Crippen molar-refractivity contribution in [2.75, 3.05) is 26.3 Å². The van der Waals surface area contributed by atoms with Gasteiger partial charge in [0, 0.05) is 18.6 Å². The highest BCUT2D eigenvalue weighted by atomic mass is 16.5. The van der Waals surface area contributed by atoms with Gasteiger partial charge in [0.15, 0.2) is 0 Å². The van der Waals surface area contributed by atoms with Crippen LogP contribution in [0.5, 0.6) is 0 Å². The van der Waals surface area contributed by atoms with Crippen molar-refractivity contribution >= 4 is 5.91 Å². The Morgan fingerprint density at radius 3 is 2.60 bits per heavy atom. The number of benzene rings is 1. The molecule has 1 fully saturated rings. The van der Waals surface area contributed by atoms with E-state index >= 15 is 0 Å². The number of amides is 1. The predicted octanol–water partition coefficient (Wildman–Crippen LogP) is 1.37. The molecule has 0 bridgehead atoms. The van der Waals surface area contributed by atoms with Crippen molar-refractivity contribution in [1.82, 2.24) is 4.90 Å². The lowest BCUT2D eigenvalue weighted by Gasteiger charge is -2.27. The van der Waals surface area contributed by atoms with Gasteiger partial charge in [-0.1, -0.05) is 24.3 Å².